The zero-order valence-electron chi connectivity index (χ0n) is 13.7. The second-order valence-corrected chi connectivity index (χ2v) is 5.79. The summed E-state index contributed by atoms with van der Waals surface area (Å²) in [6.07, 6.45) is 3.35. The van der Waals surface area contributed by atoms with Crippen LogP contribution in [0.5, 0.6) is 5.75 Å². The number of pyridine rings is 1. The molecule has 6 nitrogen and oxygen atoms in total. The molecule has 0 bridgehead atoms. The van der Waals surface area contributed by atoms with E-state index in [1.165, 1.54) is 6.07 Å². The fraction of sp³-hybridized carbons (Fsp3) is 0.167. The highest BCUT2D eigenvalue weighted by Gasteiger charge is 2.26. The first-order valence-corrected chi connectivity index (χ1v) is 7.72. The zero-order chi connectivity index (χ0) is 17.6. The monoisotopic (exact) mass is 338 g/mol. The number of anilines is 1. The van der Waals surface area contributed by atoms with E-state index in [9.17, 15) is 4.39 Å². The zero-order valence-corrected chi connectivity index (χ0v) is 13.7. The molecule has 0 fully saturated rings. The normalized spacial score (nSPS) is 13.2. The maximum atomic E-state index is 14.4. The van der Waals surface area contributed by atoms with Crippen LogP contribution in [0.15, 0.2) is 40.1 Å². The average molecular weight is 338 g/mol. The van der Waals surface area contributed by atoms with Crippen LogP contribution < -0.4 is 10.5 Å². The van der Waals surface area contributed by atoms with Crippen molar-refractivity contribution in [3.8, 4) is 16.9 Å². The van der Waals surface area contributed by atoms with Crippen molar-refractivity contribution in [2.45, 2.75) is 13.8 Å². The summed E-state index contributed by atoms with van der Waals surface area (Å²) < 4.78 is 25.6. The van der Waals surface area contributed by atoms with Gasteiger partial charge >= 0.3 is 0 Å². The van der Waals surface area contributed by atoms with Crippen molar-refractivity contribution in [3.05, 3.63) is 53.4 Å². The summed E-state index contributed by atoms with van der Waals surface area (Å²) in [5, 5.41) is 3.93. The molecule has 0 amide bonds. The van der Waals surface area contributed by atoms with Gasteiger partial charge in [0.1, 0.15) is 23.9 Å². The number of hydrogen-bond acceptors (Lipinski definition) is 6. The maximum Gasteiger partial charge on any atom is 0.155 e. The molecule has 1 aromatic carbocycles. The van der Waals surface area contributed by atoms with E-state index in [4.69, 9.17) is 15.0 Å². The number of aromatic nitrogens is 2. The maximum absolute atomic E-state index is 14.4. The molecule has 0 saturated carbocycles. The van der Waals surface area contributed by atoms with Crippen molar-refractivity contribution in [1.82, 2.24) is 10.1 Å². The van der Waals surface area contributed by atoms with Crippen LogP contribution in [0.1, 0.15) is 17.0 Å². The Balaban J connectivity index is 1.94. The van der Waals surface area contributed by atoms with Crippen LogP contribution in [0.4, 0.5) is 15.8 Å². The van der Waals surface area contributed by atoms with Crippen molar-refractivity contribution >= 4 is 17.1 Å². The molecule has 2 N–H and O–H groups in total. The molecule has 0 atom stereocenters. The summed E-state index contributed by atoms with van der Waals surface area (Å²) in [5.41, 5.74) is 9.47. The van der Waals surface area contributed by atoms with Gasteiger partial charge in [-0.1, -0.05) is 5.16 Å². The lowest BCUT2D eigenvalue weighted by Crippen LogP contribution is -2.18. The summed E-state index contributed by atoms with van der Waals surface area (Å²) in [6, 6.07) is 5.01. The second kappa shape index (κ2) is 5.70. The number of aliphatic imine (C=N–C) groups is 1. The van der Waals surface area contributed by atoms with E-state index in [2.05, 4.69) is 15.1 Å². The van der Waals surface area contributed by atoms with Gasteiger partial charge in [-0.2, -0.15) is 0 Å². The Morgan fingerprint density at radius 3 is 2.80 bits per heavy atom. The van der Waals surface area contributed by atoms with Crippen LogP contribution in [0.25, 0.3) is 11.1 Å². The third-order valence-corrected chi connectivity index (χ3v) is 4.14. The van der Waals surface area contributed by atoms with Gasteiger partial charge in [0.15, 0.2) is 5.75 Å². The van der Waals surface area contributed by atoms with Gasteiger partial charge in [-0.15, -0.1) is 0 Å². The number of benzene rings is 1. The SMILES string of the molecule is Cc1noc(C)c1-c1cc(F)c(N)c2c1OCC(c1cccnc1)=N2. The van der Waals surface area contributed by atoms with Gasteiger partial charge < -0.3 is 15.0 Å². The number of hydrogen-bond donors (Lipinski definition) is 1. The molecule has 1 aliphatic rings. The van der Waals surface area contributed by atoms with E-state index in [-0.39, 0.29) is 18.0 Å². The van der Waals surface area contributed by atoms with Crippen molar-refractivity contribution in [2.24, 2.45) is 4.99 Å². The van der Waals surface area contributed by atoms with Crippen molar-refractivity contribution < 1.29 is 13.7 Å². The lowest BCUT2D eigenvalue weighted by molar-refractivity contribution is 0.373. The van der Waals surface area contributed by atoms with E-state index >= 15 is 0 Å². The molecular formula is C18H15FN4O2. The van der Waals surface area contributed by atoms with Crippen LogP contribution in [0, 0.1) is 19.7 Å². The number of rotatable bonds is 2. The smallest absolute Gasteiger partial charge is 0.155 e. The van der Waals surface area contributed by atoms with E-state index < -0.39 is 5.82 Å². The first-order valence-electron chi connectivity index (χ1n) is 7.72. The van der Waals surface area contributed by atoms with Crippen molar-refractivity contribution in [1.29, 1.82) is 0 Å². The predicted molar refractivity (Wildman–Crippen MR) is 91.7 cm³/mol. The Morgan fingerprint density at radius 1 is 1.28 bits per heavy atom. The molecule has 0 radical (unpaired) electrons. The largest absolute Gasteiger partial charge is 0.484 e. The molecule has 0 spiro atoms. The summed E-state index contributed by atoms with van der Waals surface area (Å²) in [4.78, 5) is 8.62. The minimum Gasteiger partial charge on any atom is -0.484 e. The lowest BCUT2D eigenvalue weighted by Gasteiger charge is -2.21. The lowest BCUT2D eigenvalue weighted by atomic mass is 10.00. The van der Waals surface area contributed by atoms with Gasteiger partial charge in [0.05, 0.1) is 22.7 Å². The molecule has 7 heteroatoms. The molecule has 1 aliphatic heterocycles. The van der Waals surface area contributed by atoms with Crippen LogP contribution in [0.2, 0.25) is 0 Å². The van der Waals surface area contributed by atoms with Gasteiger partial charge in [-0.25, -0.2) is 9.38 Å². The highest BCUT2D eigenvalue weighted by molar-refractivity contribution is 6.06. The van der Waals surface area contributed by atoms with Gasteiger partial charge in [0.2, 0.25) is 0 Å². The van der Waals surface area contributed by atoms with Gasteiger partial charge in [-0.05, 0) is 32.0 Å². The van der Waals surface area contributed by atoms with Gasteiger partial charge in [-0.3, -0.25) is 4.98 Å². The number of fused-ring (bicyclic) bond motifs is 1. The first kappa shape index (κ1) is 15.3. The van der Waals surface area contributed by atoms with E-state index in [0.717, 1.165) is 5.56 Å². The topological polar surface area (TPSA) is 86.5 Å². The number of nitrogens with zero attached hydrogens (tertiary/aromatic N) is 3. The van der Waals surface area contributed by atoms with E-state index in [0.29, 0.717) is 34.0 Å². The molecule has 3 aromatic rings. The summed E-state index contributed by atoms with van der Waals surface area (Å²) in [6.45, 7) is 3.79. The number of nitrogen functional groups attached to an aromatic ring is 1. The Kier molecular flexibility index (Phi) is 3.49. The number of halogens is 1. The van der Waals surface area contributed by atoms with Crippen molar-refractivity contribution in [2.75, 3.05) is 12.3 Å². The Labute approximate surface area is 143 Å². The Bertz CT molecular complexity index is 977. The standard InChI is InChI=1S/C18H15FN4O2/c1-9-15(10(2)25-23-9)12-6-13(19)16(20)17-18(12)24-8-14(22-17)11-4-3-5-21-7-11/h3-7H,8,20H2,1-2H3. The number of nitrogens with two attached hydrogens (primary N) is 1. The van der Waals surface area contributed by atoms with E-state index in [1.54, 1.807) is 32.3 Å². The van der Waals surface area contributed by atoms with Crippen LogP contribution in [0.3, 0.4) is 0 Å². The summed E-state index contributed by atoms with van der Waals surface area (Å²) in [5.74, 6) is 0.448. The molecule has 3 heterocycles. The summed E-state index contributed by atoms with van der Waals surface area (Å²) >= 11 is 0. The predicted octanol–water partition coefficient (Wildman–Crippen LogP) is 3.59. The van der Waals surface area contributed by atoms with Gasteiger partial charge in [0, 0.05) is 23.5 Å². The third kappa shape index (κ3) is 2.44. The molecule has 0 unspecified atom stereocenters. The van der Waals surface area contributed by atoms with Gasteiger partial charge in [0.25, 0.3) is 0 Å². The fourth-order valence-corrected chi connectivity index (χ4v) is 2.93. The minimum atomic E-state index is -0.562. The highest BCUT2D eigenvalue weighted by Crippen LogP contribution is 2.47. The molecular weight excluding hydrogens is 323 g/mol. The molecule has 0 aliphatic carbocycles. The Morgan fingerprint density at radius 2 is 2.12 bits per heavy atom. The van der Waals surface area contributed by atoms with Crippen LogP contribution in [-0.4, -0.2) is 22.5 Å². The number of ether oxygens (including phenoxy) is 1. The quantitative estimate of drug-likeness (QED) is 0.722. The molecule has 2 aromatic heterocycles. The Hall–Kier alpha value is -3.22. The fourth-order valence-electron chi connectivity index (χ4n) is 2.93. The van der Waals surface area contributed by atoms with E-state index in [1.807, 2.05) is 6.07 Å². The molecule has 126 valence electrons. The third-order valence-electron chi connectivity index (χ3n) is 4.14. The number of aryl methyl sites for hydroxylation is 2. The van der Waals surface area contributed by atoms with Crippen molar-refractivity contribution in [3.63, 3.8) is 0 Å². The molecule has 0 saturated heterocycles. The summed E-state index contributed by atoms with van der Waals surface area (Å²) in [7, 11) is 0. The average Bonchev–Trinajstić information content (AvgIpc) is 2.97. The molecule has 4 rings (SSSR count). The second-order valence-electron chi connectivity index (χ2n) is 5.79. The first-order chi connectivity index (χ1) is 12.1. The van der Waals surface area contributed by atoms with Crippen LogP contribution in [-0.2, 0) is 0 Å². The van der Waals surface area contributed by atoms with Crippen LogP contribution >= 0.6 is 0 Å². The highest BCUT2D eigenvalue weighted by atomic mass is 19.1. The minimum absolute atomic E-state index is 0.0494. The molecule has 25 heavy (non-hydrogen) atoms.